The molecule has 0 aromatic heterocycles. The topological polar surface area (TPSA) is 12.4 Å². The van der Waals surface area contributed by atoms with Crippen molar-refractivity contribution in [3.63, 3.8) is 0 Å². The molecule has 1 radical (unpaired) electrons. The molecule has 0 unspecified atom stereocenters. The second kappa shape index (κ2) is 7.96. The number of aliphatic imine (C=N–C) groups is 1. The van der Waals surface area contributed by atoms with Crippen molar-refractivity contribution in [1.82, 2.24) is 0 Å². The van der Waals surface area contributed by atoms with E-state index < -0.39 is 8.07 Å². The number of fused-ring (bicyclic) bond motifs is 1. The first-order valence-corrected chi connectivity index (χ1v) is 10.8. The van der Waals surface area contributed by atoms with Crippen molar-refractivity contribution in [1.29, 1.82) is 0 Å². The molecule has 0 N–H and O–H groups in total. The number of aryl methyl sites for hydroxylation is 1. The van der Waals surface area contributed by atoms with E-state index in [1.165, 1.54) is 33.2 Å². The monoisotopic (exact) mass is 462 g/mol. The summed E-state index contributed by atoms with van der Waals surface area (Å²) in [5.74, 6) is 0. The van der Waals surface area contributed by atoms with Gasteiger partial charge >= 0.3 is 26.2 Å². The van der Waals surface area contributed by atoms with Crippen LogP contribution in [0.4, 0.5) is 0 Å². The molecule has 1 aliphatic carbocycles. The van der Waals surface area contributed by atoms with E-state index in [1.54, 1.807) is 10.4 Å². The molecule has 2 bridgehead atoms. The summed E-state index contributed by atoms with van der Waals surface area (Å²) < 4.78 is 0. The van der Waals surface area contributed by atoms with Gasteiger partial charge in [-0.2, -0.15) is 6.07 Å². The third-order valence-corrected chi connectivity index (χ3v) is 8.72. The predicted octanol–water partition coefficient (Wildman–Crippen LogP) is -0.746. The fourth-order valence-electron chi connectivity index (χ4n) is 4.18. The summed E-state index contributed by atoms with van der Waals surface area (Å²) in [7, 11) is -1.13. The van der Waals surface area contributed by atoms with E-state index in [4.69, 9.17) is 0 Å². The van der Waals surface area contributed by atoms with Crippen LogP contribution in [-0.4, -0.2) is 14.3 Å². The Bertz CT molecular complexity index is 899. The average Bonchev–Trinajstić information content (AvgIpc) is 3.13. The quantitative estimate of drug-likeness (QED) is 0.360. The van der Waals surface area contributed by atoms with E-state index >= 15 is 0 Å². The van der Waals surface area contributed by atoms with Crippen molar-refractivity contribution < 1.29 is 51.0 Å². The fraction of sp³-hybridized carbons (Fsp3) is 0.200. The smallest absolute Gasteiger partial charge is 1.00 e. The van der Waals surface area contributed by atoms with Crippen molar-refractivity contribution >= 4 is 25.1 Å². The number of halogens is 2. The number of rotatable bonds is 0. The second-order valence-electron chi connectivity index (χ2n) is 6.87. The number of benzene rings is 1. The molecule has 4 aliphatic rings. The summed E-state index contributed by atoms with van der Waals surface area (Å²) in [5.41, 5.74) is 5.63. The van der Waals surface area contributed by atoms with Gasteiger partial charge in [-0.15, -0.1) is 40.6 Å². The van der Waals surface area contributed by atoms with Crippen LogP contribution >= 0.6 is 0 Å². The minimum Gasteiger partial charge on any atom is -1.00 e. The molecule has 0 atom stereocenters. The summed E-state index contributed by atoms with van der Waals surface area (Å²) >= 11 is 0. The summed E-state index contributed by atoms with van der Waals surface area (Å²) in [4.78, 5) is 4.42. The van der Waals surface area contributed by atoms with E-state index in [0.717, 1.165) is 0 Å². The molecule has 0 spiro atoms. The third kappa shape index (κ3) is 3.37. The van der Waals surface area contributed by atoms with Gasteiger partial charge in [-0.05, 0) is 29.0 Å². The van der Waals surface area contributed by atoms with Crippen LogP contribution in [0.3, 0.4) is 0 Å². The average molecular weight is 465 g/mol. The summed E-state index contributed by atoms with van der Waals surface area (Å²) in [6, 6.07) is 12.8. The van der Waals surface area contributed by atoms with Crippen molar-refractivity contribution in [3.05, 3.63) is 75.3 Å². The van der Waals surface area contributed by atoms with Crippen LogP contribution in [0.2, 0.25) is 13.1 Å². The van der Waals surface area contributed by atoms with E-state index in [9.17, 15) is 0 Å². The largest absolute Gasteiger partial charge is 3.00 e. The molecule has 0 amide bonds. The zero-order valence-electron chi connectivity index (χ0n) is 14.8. The molecule has 3 heterocycles. The van der Waals surface area contributed by atoms with Gasteiger partial charge in [0.25, 0.3) is 0 Å². The number of allylic oxidation sites excluding steroid dienone is 4. The second-order valence-corrected chi connectivity index (χ2v) is 11.1. The van der Waals surface area contributed by atoms with Crippen molar-refractivity contribution in [3.8, 4) is 0 Å². The Hall–Kier alpha value is -0.600. The molecule has 5 heteroatoms. The van der Waals surface area contributed by atoms with E-state index in [2.05, 4.69) is 74.4 Å². The van der Waals surface area contributed by atoms with Gasteiger partial charge in [0, 0.05) is 11.8 Å². The molecule has 6 rings (SSSR count). The Morgan fingerprint density at radius 2 is 1.68 bits per heavy atom. The first-order chi connectivity index (χ1) is 10.5. The van der Waals surface area contributed by atoms with Gasteiger partial charge in [0.1, 0.15) is 8.07 Å². The Morgan fingerprint density at radius 3 is 2.28 bits per heavy atom. The molecule has 1 nitrogen and oxygen atoms in total. The molecule has 2 aromatic carbocycles. The molecular weight excluding hydrogens is 444 g/mol. The van der Waals surface area contributed by atoms with Crippen LogP contribution in [0.5, 0.6) is 0 Å². The van der Waals surface area contributed by atoms with Crippen LogP contribution in [0, 0.1) is 6.92 Å². The van der Waals surface area contributed by atoms with Crippen LogP contribution in [0.15, 0.2) is 74.7 Å². The van der Waals surface area contributed by atoms with Gasteiger partial charge in [-0.1, -0.05) is 26.1 Å². The fourth-order valence-corrected chi connectivity index (χ4v) is 8.03. The van der Waals surface area contributed by atoms with Gasteiger partial charge in [-0.25, -0.2) is 0 Å². The van der Waals surface area contributed by atoms with Crippen molar-refractivity contribution in [2.45, 2.75) is 26.9 Å². The number of hydrogen-bond acceptors (Lipinski definition) is 1. The zero-order chi connectivity index (χ0) is 15.5. The normalized spacial score (nSPS) is 17.5. The van der Waals surface area contributed by atoms with E-state index in [-0.39, 0.29) is 51.0 Å². The first-order valence-electron chi connectivity index (χ1n) is 7.84. The maximum Gasteiger partial charge on any atom is 3.00 e. The van der Waals surface area contributed by atoms with Crippen LogP contribution in [0.1, 0.15) is 12.5 Å². The minimum atomic E-state index is -1.13. The molecule has 3 aliphatic heterocycles. The Labute approximate surface area is 182 Å². The van der Waals surface area contributed by atoms with Crippen molar-refractivity contribution in [2.24, 2.45) is 4.99 Å². The minimum absolute atomic E-state index is 0. The molecular formula is C20H20Cl2NSiZr. The van der Waals surface area contributed by atoms with Gasteiger partial charge in [-0.3, -0.25) is 4.99 Å². The Morgan fingerprint density at radius 1 is 1.00 bits per heavy atom. The summed E-state index contributed by atoms with van der Waals surface area (Å²) in [6.45, 7) is 9.21. The van der Waals surface area contributed by atoms with Crippen LogP contribution in [-0.2, 0) is 26.2 Å². The van der Waals surface area contributed by atoms with Crippen molar-refractivity contribution in [2.75, 3.05) is 0 Å². The van der Waals surface area contributed by atoms with Gasteiger partial charge in [0.2, 0.25) is 0 Å². The predicted molar refractivity (Wildman–Crippen MR) is 98.1 cm³/mol. The molecule has 0 saturated carbocycles. The number of nitrogens with zero attached hydrogens (tertiary/aromatic N) is 1. The van der Waals surface area contributed by atoms with Crippen LogP contribution < -0.4 is 24.8 Å². The van der Waals surface area contributed by atoms with Gasteiger partial charge in [0.05, 0.1) is 5.70 Å². The molecule has 0 saturated heterocycles. The number of hydrogen-bond donors (Lipinski definition) is 0. The zero-order valence-corrected chi connectivity index (χ0v) is 19.8. The van der Waals surface area contributed by atoms with E-state index in [0.29, 0.717) is 0 Å². The third-order valence-electron chi connectivity index (χ3n) is 4.97. The standard InChI is InChI=1S/C10H11NSi.C10H9.2ClH.Zr/c1-6-9-7-4-5-11-8(7)10(6)12(9,2)3;1-8-6-9-4-2-3-5-10(9)7-8;;;/h4-5H,1-3H3;2-7H,1H3;2*1H;/q;-1;;;+3/p-2. The van der Waals surface area contributed by atoms with Gasteiger partial charge < -0.3 is 24.8 Å². The maximum absolute atomic E-state index is 4.42. The maximum atomic E-state index is 4.42. The molecule has 2 aromatic rings. The summed E-state index contributed by atoms with van der Waals surface area (Å²) in [5, 5.41) is 5.96. The van der Waals surface area contributed by atoms with Gasteiger partial charge in [0.15, 0.2) is 0 Å². The molecule has 0 fully saturated rings. The SMILES string of the molecule is CC1=C2C3=CC=NC3=C1[Si]2(C)C.Cc1cc2ccccc2[cH-]1.[Cl-].[Cl-].[Zr+3]. The van der Waals surface area contributed by atoms with E-state index in [1.807, 2.05) is 6.21 Å². The Kier molecular flexibility index (Phi) is 7.15. The Balaban J connectivity index is 0.000000226. The molecule has 25 heavy (non-hydrogen) atoms. The van der Waals surface area contributed by atoms with Crippen LogP contribution in [0.25, 0.3) is 10.8 Å². The first kappa shape index (κ1) is 22.4. The molecule has 127 valence electrons. The summed E-state index contributed by atoms with van der Waals surface area (Å²) in [6.07, 6.45) is 4.10.